The van der Waals surface area contributed by atoms with Crippen molar-refractivity contribution in [1.29, 1.82) is 0 Å². The molecular weight excluding hydrogens is 295 g/mol. The molecule has 0 aliphatic heterocycles. The third-order valence-corrected chi connectivity index (χ3v) is 4.25. The summed E-state index contributed by atoms with van der Waals surface area (Å²) < 4.78 is 21.6. The minimum Gasteiger partial charge on any atom is -0.368 e. The summed E-state index contributed by atoms with van der Waals surface area (Å²) in [5, 5.41) is 0. The first kappa shape index (κ1) is 21.4. The highest BCUT2D eigenvalue weighted by Gasteiger charge is 1.97. The topological polar surface area (TPSA) is 35.5 Å². The quantitative estimate of drug-likeness (QED) is 0.254. The van der Waals surface area contributed by atoms with E-state index in [-0.39, 0.29) is 6.35 Å². The Morgan fingerprint density at radius 3 is 2.14 bits per heavy atom. The van der Waals surface area contributed by atoms with E-state index in [9.17, 15) is 4.57 Å². The van der Waals surface area contributed by atoms with Crippen LogP contribution in [0.25, 0.3) is 0 Å². The average molecular weight is 328 g/mol. The maximum Gasteiger partial charge on any atom is 0.216 e. The zero-order valence-corrected chi connectivity index (χ0v) is 15.9. The summed E-state index contributed by atoms with van der Waals surface area (Å²) in [6.07, 6.45) is 11.3. The van der Waals surface area contributed by atoms with Gasteiger partial charge in [0.25, 0.3) is 0 Å². The Kier molecular flexibility index (Phi) is 13.6. The van der Waals surface area contributed by atoms with E-state index in [0.717, 1.165) is 25.7 Å². The van der Waals surface area contributed by atoms with Gasteiger partial charge in [-0.25, -0.2) is 0 Å². The van der Waals surface area contributed by atoms with E-state index in [2.05, 4.69) is 45.9 Å². The molecule has 0 aromatic rings. The molecule has 0 aliphatic carbocycles. The lowest BCUT2D eigenvalue weighted by Gasteiger charge is -2.03. The van der Waals surface area contributed by atoms with Crippen LogP contribution in [0, 0.1) is 0 Å². The molecule has 0 saturated heterocycles. The Bertz CT molecular complexity index is 405. The molecule has 0 fully saturated rings. The maximum atomic E-state index is 11.3. The first-order valence-electron chi connectivity index (χ1n) is 8.13. The second kappa shape index (κ2) is 14.0. The summed E-state index contributed by atoms with van der Waals surface area (Å²) in [4.78, 5) is 0. The molecule has 1 unspecified atom stereocenters. The van der Waals surface area contributed by atoms with Gasteiger partial charge in [-0.2, -0.15) is 0 Å². The number of ether oxygens (including phenoxy) is 1. The van der Waals surface area contributed by atoms with E-state index in [0.29, 0.717) is 13.2 Å². The highest BCUT2D eigenvalue weighted by Crippen LogP contribution is 2.21. The number of hydrogen-bond donors (Lipinski definition) is 0. The van der Waals surface area contributed by atoms with Crippen molar-refractivity contribution >= 4 is 8.03 Å². The minimum atomic E-state index is -2.00. The molecule has 0 saturated carbocycles. The Morgan fingerprint density at radius 1 is 0.955 bits per heavy atom. The van der Waals surface area contributed by atoms with Crippen molar-refractivity contribution < 1.29 is 13.8 Å². The molecule has 0 spiro atoms. The number of hydrogen-bond acceptors (Lipinski definition) is 3. The maximum absolute atomic E-state index is 11.3. The van der Waals surface area contributed by atoms with Crippen LogP contribution in [0.1, 0.15) is 60.3 Å². The molecule has 22 heavy (non-hydrogen) atoms. The van der Waals surface area contributed by atoms with Gasteiger partial charge in [-0.15, -0.1) is 0 Å². The lowest BCUT2D eigenvalue weighted by molar-refractivity contribution is 0.195. The second-order valence-corrected chi connectivity index (χ2v) is 7.10. The lowest BCUT2D eigenvalue weighted by atomic mass is 10.1. The van der Waals surface area contributed by atoms with Crippen LogP contribution in [0.4, 0.5) is 0 Å². The van der Waals surface area contributed by atoms with Crippen LogP contribution in [-0.2, 0) is 13.8 Å². The molecule has 1 atom stereocenters. The summed E-state index contributed by atoms with van der Waals surface area (Å²) >= 11 is 0. The van der Waals surface area contributed by atoms with Crippen molar-refractivity contribution in [2.45, 2.75) is 60.3 Å². The molecule has 4 heteroatoms. The van der Waals surface area contributed by atoms with Gasteiger partial charge < -0.3 is 9.26 Å². The predicted molar refractivity (Wildman–Crippen MR) is 96.9 cm³/mol. The number of allylic oxidation sites excluding steroid dienone is 5. The first-order valence-corrected chi connectivity index (χ1v) is 9.66. The summed E-state index contributed by atoms with van der Waals surface area (Å²) in [7, 11) is -2.00. The molecular formula is C18H33O3P. The van der Waals surface area contributed by atoms with Crippen molar-refractivity contribution in [3.05, 3.63) is 34.9 Å². The fraction of sp³-hybridized carbons (Fsp3) is 0.667. The molecule has 0 N–H and O–H groups in total. The summed E-state index contributed by atoms with van der Waals surface area (Å²) in [6.45, 7) is 11.4. The van der Waals surface area contributed by atoms with Crippen LogP contribution in [0.15, 0.2) is 34.9 Å². The molecule has 0 rings (SSSR count). The summed E-state index contributed by atoms with van der Waals surface area (Å²) in [6, 6.07) is 0. The Morgan fingerprint density at radius 2 is 1.55 bits per heavy atom. The minimum absolute atomic E-state index is 0.214. The smallest absolute Gasteiger partial charge is 0.216 e. The van der Waals surface area contributed by atoms with Crippen molar-refractivity contribution in [2.24, 2.45) is 0 Å². The molecule has 0 radical (unpaired) electrons. The standard InChI is InChI=1S/C18H33O3P/c1-6-21-22(19)15-20-14-13-18(5)12-8-11-17(4)10-7-9-16(2)3/h9,11,13,22H,6-8,10,12,14-15H2,1-5H3. The van der Waals surface area contributed by atoms with E-state index in [1.165, 1.54) is 16.7 Å². The van der Waals surface area contributed by atoms with Crippen LogP contribution < -0.4 is 0 Å². The zero-order valence-electron chi connectivity index (χ0n) is 14.9. The van der Waals surface area contributed by atoms with Crippen LogP contribution in [0.3, 0.4) is 0 Å². The second-order valence-electron chi connectivity index (χ2n) is 5.78. The van der Waals surface area contributed by atoms with Gasteiger partial charge >= 0.3 is 0 Å². The van der Waals surface area contributed by atoms with Crippen LogP contribution in [0.2, 0.25) is 0 Å². The first-order chi connectivity index (χ1) is 10.5. The van der Waals surface area contributed by atoms with Gasteiger partial charge in [0.15, 0.2) is 0 Å². The van der Waals surface area contributed by atoms with Crippen molar-refractivity contribution in [3.63, 3.8) is 0 Å². The van der Waals surface area contributed by atoms with E-state index in [4.69, 9.17) is 9.26 Å². The van der Waals surface area contributed by atoms with E-state index < -0.39 is 8.03 Å². The monoisotopic (exact) mass is 328 g/mol. The lowest BCUT2D eigenvalue weighted by Crippen LogP contribution is -1.93. The highest BCUT2D eigenvalue weighted by molar-refractivity contribution is 7.38. The van der Waals surface area contributed by atoms with Crippen molar-refractivity contribution in [2.75, 3.05) is 19.6 Å². The molecule has 0 heterocycles. The van der Waals surface area contributed by atoms with Gasteiger partial charge in [0.05, 0.1) is 13.2 Å². The van der Waals surface area contributed by atoms with E-state index >= 15 is 0 Å². The average Bonchev–Trinajstić information content (AvgIpc) is 2.43. The Hall–Kier alpha value is -0.630. The molecule has 0 aliphatic rings. The fourth-order valence-electron chi connectivity index (χ4n) is 1.88. The summed E-state index contributed by atoms with van der Waals surface area (Å²) in [5.74, 6) is 0. The number of rotatable bonds is 12. The van der Waals surface area contributed by atoms with Gasteiger partial charge in [-0.05, 0) is 60.3 Å². The van der Waals surface area contributed by atoms with Gasteiger partial charge in [0.2, 0.25) is 8.03 Å². The van der Waals surface area contributed by atoms with Crippen LogP contribution in [0.5, 0.6) is 0 Å². The van der Waals surface area contributed by atoms with E-state index in [1.54, 1.807) is 0 Å². The SMILES string of the molecule is CCO[PH](=O)COCC=C(C)CCC=C(C)CCC=C(C)C. The predicted octanol–water partition coefficient (Wildman–Crippen LogP) is 5.89. The zero-order chi connectivity index (χ0) is 16.8. The van der Waals surface area contributed by atoms with Gasteiger partial charge in [-0.1, -0.05) is 34.9 Å². The third kappa shape index (κ3) is 14.3. The van der Waals surface area contributed by atoms with Gasteiger partial charge in [0, 0.05) is 0 Å². The normalized spacial score (nSPS) is 14.0. The summed E-state index contributed by atoms with van der Waals surface area (Å²) in [5.41, 5.74) is 4.15. The van der Waals surface area contributed by atoms with Gasteiger partial charge in [-0.3, -0.25) is 4.57 Å². The largest absolute Gasteiger partial charge is 0.368 e. The molecule has 0 aromatic carbocycles. The van der Waals surface area contributed by atoms with Gasteiger partial charge in [0.1, 0.15) is 6.35 Å². The third-order valence-electron chi connectivity index (χ3n) is 3.20. The Labute approximate surface area is 137 Å². The van der Waals surface area contributed by atoms with Crippen LogP contribution in [-0.4, -0.2) is 19.6 Å². The molecule has 0 amide bonds. The highest BCUT2D eigenvalue weighted by atomic mass is 31.1. The fourth-order valence-corrected chi connectivity index (χ4v) is 2.57. The Balaban J connectivity index is 3.82. The van der Waals surface area contributed by atoms with Crippen molar-refractivity contribution in [1.82, 2.24) is 0 Å². The molecule has 3 nitrogen and oxygen atoms in total. The molecule has 128 valence electrons. The molecule has 0 bridgehead atoms. The van der Waals surface area contributed by atoms with Crippen molar-refractivity contribution in [3.8, 4) is 0 Å². The van der Waals surface area contributed by atoms with Crippen LogP contribution >= 0.6 is 8.03 Å². The molecule has 0 aromatic heterocycles. The van der Waals surface area contributed by atoms with E-state index in [1.807, 2.05) is 6.92 Å².